The van der Waals surface area contributed by atoms with Gasteiger partial charge in [0.25, 0.3) is 5.56 Å². The molecular weight excluding hydrogens is 380 g/mol. The summed E-state index contributed by atoms with van der Waals surface area (Å²) in [6, 6.07) is 11.9. The molecule has 0 bridgehead atoms. The van der Waals surface area contributed by atoms with E-state index < -0.39 is 6.10 Å². The van der Waals surface area contributed by atoms with E-state index in [-0.39, 0.29) is 11.6 Å². The number of benzene rings is 1. The van der Waals surface area contributed by atoms with Gasteiger partial charge in [-0.3, -0.25) is 9.78 Å². The average Bonchev–Trinajstić information content (AvgIpc) is 3.20. The minimum Gasteiger partial charge on any atom is -0.391 e. The Morgan fingerprint density at radius 3 is 2.83 bits per heavy atom. The van der Waals surface area contributed by atoms with E-state index in [9.17, 15) is 9.90 Å². The first-order valence-electron chi connectivity index (χ1n) is 10.6. The number of hydrogen-bond donors (Lipinski definition) is 4. The van der Waals surface area contributed by atoms with Crippen molar-refractivity contribution in [3.05, 3.63) is 46.8 Å². The zero-order valence-corrected chi connectivity index (χ0v) is 16.8. The molecule has 4 N–H and O–H groups in total. The minimum absolute atomic E-state index is 0.198. The average molecular weight is 406 g/mol. The SMILES string of the molecule is O=c1[nH]c(N2CCC(O)C2)nc(N[C@@H]2CCCNC2)c1-c1ccc2ccccc2n1. The molecule has 3 aromatic rings. The summed E-state index contributed by atoms with van der Waals surface area (Å²) in [4.78, 5) is 27.5. The molecule has 8 heteroatoms. The van der Waals surface area contributed by atoms with Gasteiger partial charge in [0, 0.05) is 31.1 Å². The van der Waals surface area contributed by atoms with E-state index in [1.807, 2.05) is 41.3 Å². The predicted octanol–water partition coefficient (Wildman–Crippen LogP) is 1.72. The Morgan fingerprint density at radius 2 is 2.03 bits per heavy atom. The number of pyridine rings is 1. The highest BCUT2D eigenvalue weighted by Crippen LogP contribution is 2.27. The van der Waals surface area contributed by atoms with Crippen LogP contribution in [-0.2, 0) is 0 Å². The van der Waals surface area contributed by atoms with Crippen LogP contribution in [0.25, 0.3) is 22.2 Å². The van der Waals surface area contributed by atoms with Gasteiger partial charge in [-0.2, -0.15) is 4.98 Å². The van der Waals surface area contributed by atoms with Crippen LogP contribution in [0.3, 0.4) is 0 Å². The lowest BCUT2D eigenvalue weighted by atomic mass is 10.1. The quantitative estimate of drug-likeness (QED) is 0.523. The molecule has 0 saturated carbocycles. The van der Waals surface area contributed by atoms with Crippen molar-refractivity contribution in [1.29, 1.82) is 0 Å². The van der Waals surface area contributed by atoms with E-state index >= 15 is 0 Å². The number of nitrogens with one attached hydrogen (secondary N) is 3. The fraction of sp³-hybridized carbons (Fsp3) is 0.409. The number of β-amino-alcohol motifs (C(OH)–C–C–N with tert-alkyl or cyclic N) is 1. The fourth-order valence-electron chi connectivity index (χ4n) is 4.26. The van der Waals surface area contributed by atoms with E-state index in [0.29, 0.717) is 42.5 Å². The monoisotopic (exact) mass is 406 g/mol. The van der Waals surface area contributed by atoms with Crippen LogP contribution in [0.2, 0.25) is 0 Å². The molecule has 2 aliphatic heterocycles. The Hall–Kier alpha value is -2.97. The summed E-state index contributed by atoms with van der Waals surface area (Å²) in [6.45, 7) is 2.98. The number of rotatable bonds is 4. The number of nitrogens with zero attached hydrogens (tertiary/aromatic N) is 3. The van der Waals surface area contributed by atoms with Gasteiger partial charge in [0.05, 0.1) is 17.3 Å². The maximum absolute atomic E-state index is 13.2. The van der Waals surface area contributed by atoms with Gasteiger partial charge in [0.15, 0.2) is 0 Å². The number of aliphatic hydroxyl groups excluding tert-OH is 1. The molecule has 5 rings (SSSR count). The summed E-state index contributed by atoms with van der Waals surface area (Å²) in [5.41, 5.74) is 1.67. The van der Waals surface area contributed by atoms with Gasteiger partial charge >= 0.3 is 0 Å². The zero-order chi connectivity index (χ0) is 20.5. The van der Waals surface area contributed by atoms with Crippen LogP contribution in [0, 0.1) is 0 Å². The molecule has 4 heterocycles. The van der Waals surface area contributed by atoms with Gasteiger partial charge in [-0.25, -0.2) is 4.98 Å². The fourth-order valence-corrected chi connectivity index (χ4v) is 4.26. The summed E-state index contributed by atoms with van der Waals surface area (Å²) >= 11 is 0. The van der Waals surface area contributed by atoms with E-state index in [1.54, 1.807) is 0 Å². The smallest absolute Gasteiger partial charge is 0.263 e. The van der Waals surface area contributed by atoms with Crippen LogP contribution < -0.4 is 21.1 Å². The van der Waals surface area contributed by atoms with E-state index in [2.05, 4.69) is 15.6 Å². The second-order valence-corrected chi connectivity index (χ2v) is 8.08. The third-order valence-electron chi connectivity index (χ3n) is 5.86. The second-order valence-electron chi connectivity index (χ2n) is 8.08. The molecule has 2 atom stereocenters. The van der Waals surface area contributed by atoms with Crippen molar-refractivity contribution in [2.24, 2.45) is 0 Å². The molecule has 2 fully saturated rings. The first kappa shape index (κ1) is 19.0. The third kappa shape index (κ3) is 3.76. The maximum atomic E-state index is 13.2. The van der Waals surface area contributed by atoms with Crippen LogP contribution in [0.1, 0.15) is 19.3 Å². The number of anilines is 2. The molecule has 2 saturated heterocycles. The van der Waals surface area contributed by atoms with Crippen molar-refractivity contribution >= 4 is 22.7 Å². The molecule has 0 amide bonds. The number of aromatic amines is 1. The zero-order valence-electron chi connectivity index (χ0n) is 16.8. The summed E-state index contributed by atoms with van der Waals surface area (Å²) in [7, 11) is 0. The lowest BCUT2D eigenvalue weighted by Crippen LogP contribution is -2.39. The summed E-state index contributed by atoms with van der Waals surface area (Å²) in [6.07, 6.45) is 2.38. The van der Waals surface area contributed by atoms with E-state index in [1.165, 1.54) is 0 Å². The number of piperidine rings is 1. The largest absolute Gasteiger partial charge is 0.391 e. The highest BCUT2D eigenvalue weighted by molar-refractivity contribution is 5.83. The third-order valence-corrected chi connectivity index (χ3v) is 5.86. The highest BCUT2D eigenvalue weighted by Gasteiger charge is 2.25. The van der Waals surface area contributed by atoms with Crippen molar-refractivity contribution in [2.75, 3.05) is 36.4 Å². The molecule has 2 aliphatic rings. The second kappa shape index (κ2) is 8.04. The van der Waals surface area contributed by atoms with Gasteiger partial charge in [0.1, 0.15) is 11.4 Å². The van der Waals surface area contributed by atoms with E-state index in [0.717, 1.165) is 36.8 Å². The molecule has 0 aliphatic carbocycles. The molecular formula is C22H26N6O2. The maximum Gasteiger partial charge on any atom is 0.263 e. The first-order valence-corrected chi connectivity index (χ1v) is 10.6. The van der Waals surface area contributed by atoms with Crippen molar-refractivity contribution in [2.45, 2.75) is 31.4 Å². The Bertz CT molecular complexity index is 1110. The molecule has 8 nitrogen and oxygen atoms in total. The number of H-pyrrole nitrogens is 1. The number of hydrogen-bond acceptors (Lipinski definition) is 7. The molecule has 0 spiro atoms. The molecule has 0 radical (unpaired) electrons. The lowest BCUT2D eigenvalue weighted by molar-refractivity contribution is 0.198. The van der Waals surface area contributed by atoms with Gasteiger partial charge in [-0.15, -0.1) is 0 Å². The van der Waals surface area contributed by atoms with Gasteiger partial charge in [0.2, 0.25) is 5.95 Å². The van der Waals surface area contributed by atoms with Crippen molar-refractivity contribution in [3.8, 4) is 11.3 Å². The highest BCUT2D eigenvalue weighted by atomic mass is 16.3. The lowest BCUT2D eigenvalue weighted by Gasteiger charge is -2.26. The Kier molecular flexibility index (Phi) is 5.10. The molecule has 156 valence electrons. The predicted molar refractivity (Wildman–Crippen MR) is 118 cm³/mol. The van der Waals surface area contributed by atoms with Crippen LogP contribution in [0.4, 0.5) is 11.8 Å². The Morgan fingerprint density at radius 1 is 1.13 bits per heavy atom. The minimum atomic E-state index is -0.393. The van der Waals surface area contributed by atoms with Gasteiger partial charge in [-0.05, 0) is 37.9 Å². The molecule has 30 heavy (non-hydrogen) atoms. The Labute approximate surface area is 174 Å². The van der Waals surface area contributed by atoms with Crippen LogP contribution in [-0.4, -0.2) is 58.4 Å². The summed E-state index contributed by atoms with van der Waals surface area (Å²) < 4.78 is 0. The summed E-state index contributed by atoms with van der Waals surface area (Å²) in [5, 5.41) is 17.8. The van der Waals surface area contributed by atoms with Crippen LogP contribution in [0.15, 0.2) is 41.2 Å². The van der Waals surface area contributed by atoms with Gasteiger partial charge < -0.3 is 20.6 Å². The van der Waals surface area contributed by atoms with Crippen molar-refractivity contribution in [1.82, 2.24) is 20.3 Å². The normalized spacial score (nSPS) is 21.8. The van der Waals surface area contributed by atoms with Crippen LogP contribution in [0.5, 0.6) is 0 Å². The number of para-hydroxylation sites is 1. The number of fused-ring (bicyclic) bond motifs is 1. The number of aromatic nitrogens is 3. The first-order chi connectivity index (χ1) is 14.7. The summed E-state index contributed by atoms with van der Waals surface area (Å²) in [5.74, 6) is 1.04. The van der Waals surface area contributed by atoms with Crippen LogP contribution >= 0.6 is 0 Å². The molecule has 2 aromatic heterocycles. The molecule has 1 unspecified atom stereocenters. The number of aliphatic hydroxyl groups is 1. The topological polar surface area (TPSA) is 106 Å². The van der Waals surface area contributed by atoms with Crippen molar-refractivity contribution < 1.29 is 5.11 Å². The standard InChI is InChI=1S/C22H26N6O2/c29-16-9-11-28(13-16)22-26-20(24-15-5-3-10-23-12-15)19(21(30)27-22)18-8-7-14-4-1-2-6-17(14)25-18/h1-2,4,6-8,15-16,23,29H,3,5,9-13H2,(H2,24,26,27,30)/t15-,16?/m1/s1. The Balaban J connectivity index is 1.59. The van der Waals surface area contributed by atoms with Crippen molar-refractivity contribution in [3.63, 3.8) is 0 Å². The molecule has 1 aromatic carbocycles. The van der Waals surface area contributed by atoms with E-state index in [4.69, 9.17) is 9.97 Å². The van der Waals surface area contributed by atoms with Gasteiger partial charge in [-0.1, -0.05) is 24.3 Å².